The molecule has 0 amide bonds. The maximum atomic E-state index is 11.0. The number of nitro benzene ring substituents is 1. The number of aromatic hydroxyl groups is 1. The SMILES string of the molecule is Cc1ccc(C)c(Nc2nc(NN=Cc3cccc([N+](=O)[O-])c3O)nc(N3CCOCC3)n2)c1. The summed E-state index contributed by atoms with van der Waals surface area (Å²) in [4.78, 5) is 25.8. The molecule has 0 unspecified atom stereocenters. The van der Waals surface area contributed by atoms with Crippen LogP contribution in [0.25, 0.3) is 0 Å². The van der Waals surface area contributed by atoms with Crippen LogP contribution >= 0.6 is 0 Å². The molecule has 12 heteroatoms. The summed E-state index contributed by atoms with van der Waals surface area (Å²) < 4.78 is 5.42. The smallest absolute Gasteiger partial charge is 0.311 e. The Kier molecular flexibility index (Phi) is 6.78. The van der Waals surface area contributed by atoms with Crippen LogP contribution in [-0.2, 0) is 4.74 Å². The third kappa shape index (κ3) is 5.35. The molecule has 0 bridgehead atoms. The summed E-state index contributed by atoms with van der Waals surface area (Å²) in [6.45, 7) is 6.40. The molecule has 176 valence electrons. The minimum atomic E-state index is -0.661. The molecule has 1 saturated heterocycles. The Morgan fingerprint density at radius 3 is 2.68 bits per heavy atom. The first kappa shape index (κ1) is 22.9. The van der Waals surface area contributed by atoms with E-state index in [9.17, 15) is 15.2 Å². The number of hydrogen-bond donors (Lipinski definition) is 3. The van der Waals surface area contributed by atoms with Gasteiger partial charge in [0.1, 0.15) is 0 Å². The van der Waals surface area contributed by atoms with E-state index in [0.29, 0.717) is 38.2 Å². The van der Waals surface area contributed by atoms with Crippen LogP contribution in [0.5, 0.6) is 5.75 Å². The minimum Gasteiger partial charge on any atom is -0.502 e. The maximum Gasteiger partial charge on any atom is 0.311 e. The summed E-state index contributed by atoms with van der Waals surface area (Å²) in [5.41, 5.74) is 5.50. The quantitative estimate of drug-likeness (QED) is 0.270. The van der Waals surface area contributed by atoms with Crippen molar-refractivity contribution in [3.05, 3.63) is 63.2 Å². The number of morpholine rings is 1. The van der Waals surface area contributed by atoms with Gasteiger partial charge in [-0.2, -0.15) is 20.1 Å². The first-order chi connectivity index (χ1) is 16.4. The van der Waals surface area contributed by atoms with Gasteiger partial charge in [-0.1, -0.05) is 18.2 Å². The fraction of sp³-hybridized carbons (Fsp3) is 0.273. The highest BCUT2D eigenvalue weighted by molar-refractivity contribution is 5.85. The number of benzene rings is 2. The molecular weight excluding hydrogens is 440 g/mol. The predicted molar refractivity (Wildman–Crippen MR) is 128 cm³/mol. The highest BCUT2D eigenvalue weighted by Crippen LogP contribution is 2.28. The van der Waals surface area contributed by atoms with Gasteiger partial charge in [-0.25, -0.2) is 5.43 Å². The second kappa shape index (κ2) is 10.1. The number of aryl methyl sites for hydroxylation is 2. The molecule has 12 nitrogen and oxygen atoms in total. The fourth-order valence-corrected chi connectivity index (χ4v) is 3.33. The fourth-order valence-electron chi connectivity index (χ4n) is 3.33. The number of para-hydroxylation sites is 1. The Morgan fingerprint density at radius 1 is 1.15 bits per heavy atom. The number of hydrazone groups is 1. The second-order valence-corrected chi connectivity index (χ2v) is 7.67. The molecular formula is C22H24N8O4. The Morgan fingerprint density at radius 2 is 1.91 bits per heavy atom. The third-order valence-electron chi connectivity index (χ3n) is 5.17. The summed E-state index contributed by atoms with van der Waals surface area (Å²) in [7, 11) is 0. The van der Waals surface area contributed by atoms with Gasteiger partial charge in [0.05, 0.1) is 24.4 Å². The largest absolute Gasteiger partial charge is 0.502 e. The van der Waals surface area contributed by atoms with Crippen LogP contribution in [0.4, 0.5) is 29.2 Å². The van der Waals surface area contributed by atoms with Crippen molar-refractivity contribution in [2.24, 2.45) is 5.10 Å². The molecule has 0 aliphatic carbocycles. The van der Waals surface area contributed by atoms with Crippen LogP contribution in [0, 0.1) is 24.0 Å². The lowest BCUT2D eigenvalue weighted by molar-refractivity contribution is -0.385. The lowest BCUT2D eigenvalue weighted by atomic mass is 10.1. The lowest BCUT2D eigenvalue weighted by Crippen LogP contribution is -2.37. The average molecular weight is 464 g/mol. The first-order valence-corrected chi connectivity index (χ1v) is 10.6. The molecule has 1 aliphatic rings. The third-order valence-corrected chi connectivity index (χ3v) is 5.17. The van der Waals surface area contributed by atoms with E-state index in [2.05, 4.69) is 30.8 Å². The van der Waals surface area contributed by atoms with Crippen molar-refractivity contribution in [2.75, 3.05) is 41.9 Å². The molecule has 0 spiro atoms. The molecule has 3 N–H and O–H groups in total. The zero-order valence-electron chi connectivity index (χ0n) is 18.7. The zero-order valence-corrected chi connectivity index (χ0v) is 18.7. The molecule has 2 aromatic carbocycles. The summed E-state index contributed by atoms with van der Waals surface area (Å²) in [5.74, 6) is 0.494. The second-order valence-electron chi connectivity index (χ2n) is 7.67. The van der Waals surface area contributed by atoms with E-state index in [-0.39, 0.29) is 11.5 Å². The van der Waals surface area contributed by atoms with Crippen LogP contribution in [0.1, 0.15) is 16.7 Å². The van der Waals surface area contributed by atoms with Gasteiger partial charge in [0.15, 0.2) is 0 Å². The highest BCUT2D eigenvalue weighted by atomic mass is 16.6. The van der Waals surface area contributed by atoms with Crippen molar-refractivity contribution in [1.29, 1.82) is 0 Å². The molecule has 1 fully saturated rings. The van der Waals surface area contributed by atoms with Crippen LogP contribution in [-0.4, -0.2) is 57.5 Å². The predicted octanol–water partition coefficient (Wildman–Crippen LogP) is 3.13. The van der Waals surface area contributed by atoms with Crippen molar-refractivity contribution in [3.8, 4) is 5.75 Å². The number of anilines is 4. The van der Waals surface area contributed by atoms with E-state index in [1.807, 2.05) is 36.9 Å². The van der Waals surface area contributed by atoms with Crippen LogP contribution < -0.4 is 15.6 Å². The Balaban J connectivity index is 1.61. The molecule has 0 atom stereocenters. The molecule has 1 aliphatic heterocycles. The molecule has 1 aromatic heterocycles. The van der Waals surface area contributed by atoms with Gasteiger partial charge < -0.3 is 20.1 Å². The van der Waals surface area contributed by atoms with Gasteiger partial charge >= 0.3 is 5.69 Å². The molecule has 0 saturated carbocycles. The van der Waals surface area contributed by atoms with Crippen molar-refractivity contribution in [1.82, 2.24) is 15.0 Å². The van der Waals surface area contributed by atoms with E-state index in [0.717, 1.165) is 16.8 Å². The summed E-state index contributed by atoms with van der Waals surface area (Å²) in [5, 5.41) is 28.4. The number of rotatable bonds is 7. The minimum absolute atomic E-state index is 0.172. The van der Waals surface area contributed by atoms with Crippen molar-refractivity contribution in [3.63, 3.8) is 0 Å². The molecule has 3 aromatic rings. The number of phenols is 1. The number of nitro groups is 1. The Labute approximate surface area is 195 Å². The van der Waals surface area contributed by atoms with Gasteiger partial charge in [0.2, 0.25) is 23.6 Å². The topological polar surface area (TPSA) is 151 Å². The Bertz CT molecular complexity index is 1230. The van der Waals surface area contributed by atoms with E-state index in [4.69, 9.17) is 4.74 Å². The lowest BCUT2D eigenvalue weighted by Gasteiger charge is -2.27. The van der Waals surface area contributed by atoms with E-state index >= 15 is 0 Å². The highest BCUT2D eigenvalue weighted by Gasteiger charge is 2.18. The van der Waals surface area contributed by atoms with Crippen molar-refractivity contribution < 1.29 is 14.8 Å². The average Bonchev–Trinajstić information content (AvgIpc) is 2.83. The van der Waals surface area contributed by atoms with Gasteiger partial charge in [-0.3, -0.25) is 10.1 Å². The van der Waals surface area contributed by atoms with E-state index < -0.39 is 16.4 Å². The summed E-state index contributed by atoms with van der Waals surface area (Å²) >= 11 is 0. The summed E-state index contributed by atoms with van der Waals surface area (Å²) in [6, 6.07) is 10.2. The molecule has 4 rings (SSSR count). The zero-order chi connectivity index (χ0) is 24.1. The van der Waals surface area contributed by atoms with Gasteiger partial charge in [0, 0.05) is 30.4 Å². The van der Waals surface area contributed by atoms with E-state index in [1.54, 1.807) is 0 Å². The van der Waals surface area contributed by atoms with Crippen LogP contribution in [0.15, 0.2) is 41.5 Å². The number of nitrogens with one attached hydrogen (secondary N) is 2. The van der Waals surface area contributed by atoms with Crippen LogP contribution in [0.2, 0.25) is 0 Å². The molecule has 0 radical (unpaired) electrons. The normalized spacial score (nSPS) is 13.8. The first-order valence-electron chi connectivity index (χ1n) is 10.6. The summed E-state index contributed by atoms with van der Waals surface area (Å²) in [6.07, 6.45) is 1.26. The number of phenolic OH excluding ortho intramolecular Hbond substituents is 1. The molecule has 34 heavy (non-hydrogen) atoms. The van der Waals surface area contributed by atoms with Crippen LogP contribution in [0.3, 0.4) is 0 Å². The van der Waals surface area contributed by atoms with Gasteiger partial charge in [0.25, 0.3) is 0 Å². The number of hydrogen-bond acceptors (Lipinski definition) is 11. The van der Waals surface area contributed by atoms with Gasteiger partial charge in [-0.15, -0.1) is 0 Å². The maximum absolute atomic E-state index is 11.0. The standard InChI is InChI=1S/C22H24N8O4/c1-14-6-7-15(2)17(12-14)24-20-25-21(27-22(26-20)29-8-10-34-11-9-29)28-23-13-16-4-3-5-18(19(16)31)30(32)33/h3-7,12-13,31H,8-11H2,1-2H3,(H2,24,25,26,27,28). The number of ether oxygens (including phenoxy) is 1. The van der Waals surface area contributed by atoms with Crippen molar-refractivity contribution in [2.45, 2.75) is 13.8 Å². The Hall–Kier alpha value is -4.32. The van der Waals surface area contributed by atoms with Gasteiger partial charge in [-0.05, 0) is 37.1 Å². The number of aromatic nitrogens is 3. The monoisotopic (exact) mass is 464 g/mol. The van der Waals surface area contributed by atoms with Crippen molar-refractivity contribution >= 4 is 35.4 Å². The molecule has 2 heterocycles. The van der Waals surface area contributed by atoms with E-state index in [1.165, 1.54) is 24.4 Å². The number of nitrogens with zero attached hydrogens (tertiary/aromatic N) is 6.